The number of hydrogen-bond donors (Lipinski definition) is 0. The highest BCUT2D eigenvalue weighted by atomic mass is 32.2. The molecule has 0 saturated carbocycles. The van der Waals surface area contributed by atoms with Crippen LogP contribution in [0.3, 0.4) is 0 Å². The Kier molecular flexibility index (Phi) is 4.11. The highest BCUT2D eigenvalue weighted by Gasteiger charge is 2.16. The Morgan fingerprint density at radius 2 is 2.14 bits per heavy atom. The molecule has 0 aliphatic carbocycles. The average Bonchev–Trinajstić information content (AvgIpc) is 2.97. The van der Waals surface area contributed by atoms with Gasteiger partial charge in [-0.05, 0) is 18.6 Å². The fraction of sp³-hybridized carbons (Fsp3) is 0.333. The molecule has 0 saturated heterocycles. The molecule has 112 valence electrons. The van der Waals surface area contributed by atoms with Gasteiger partial charge >= 0.3 is 0 Å². The largest absolute Gasteiger partial charge is 0.276 e. The van der Waals surface area contributed by atoms with Crippen molar-refractivity contribution in [2.24, 2.45) is 0 Å². The van der Waals surface area contributed by atoms with E-state index in [0.29, 0.717) is 28.6 Å². The summed E-state index contributed by atoms with van der Waals surface area (Å²) in [5.74, 6) is 0.834. The van der Waals surface area contributed by atoms with Crippen molar-refractivity contribution in [3.05, 3.63) is 34.6 Å². The number of benzene rings is 1. The molecule has 2 aromatic heterocycles. The number of hydrogen-bond acceptors (Lipinski definition) is 5. The summed E-state index contributed by atoms with van der Waals surface area (Å²) >= 11 is 1.32. The molecule has 0 atom stereocenters. The Bertz CT molecular complexity index is 921. The predicted octanol–water partition coefficient (Wildman–Crippen LogP) is 2.46. The van der Waals surface area contributed by atoms with Gasteiger partial charge in [0.25, 0.3) is 5.56 Å². The van der Waals surface area contributed by atoms with E-state index in [-0.39, 0.29) is 5.56 Å². The second-order valence-electron chi connectivity index (χ2n) is 4.89. The molecule has 0 radical (unpaired) electrons. The van der Waals surface area contributed by atoms with Crippen LogP contribution in [0.25, 0.3) is 16.7 Å². The molecule has 0 bridgehead atoms. The highest BCUT2D eigenvalue weighted by Crippen LogP contribution is 2.21. The predicted molar refractivity (Wildman–Crippen MR) is 86.0 cm³/mol. The number of nitriles is 1. The molecule has 2 heterocycles. The maximum Gasteiger partial charge on any atom is 0.262 e. The molecule has 0 aliphatic rings. The normalized spacial score (nSPS) is 11.1. The molecular weight excluding hydrogens is 298 g/mol. The van der Waals surface area contributed by atoms with Crippen LogP contribution >= 0.6 is 11.8 Å². The summed E-state index contributed by atoms with van der Waals surface area (Å²) in [5.41, 5.74) is 0.737. The van der Waals surface area contributed by atoms with Gasteiger partial charge in [-0.2, -0.15) is 5.26 Å². The zero-order chi connectivity index (χ0) is 15.5. The van der Waals surface area contributed by atoms with E-state index in [4.69, 9.17) is 5.26 Å². The summed E-state index contributed by atoms with van der Waals surface area (Å²) < 4.78 is 3.55. The second kappa shape index (κ2) is 6.20. The SMILES string of the molecule is CCCCn1c(=O)c2ccccc2n2c(SCC#N)nnc12. The summed E-state index contributed by atoms with van der Waals surface area (Å²) in [6.45, 7) is 2.70. The van der Waals surface area contributed by atoms with Gasteiger partial charge in [-0.15, -0.1) is 10.2 Å². The number of para-hydroxylation sites is 1. The lowest BCUT2D eigenvalue weighted by Gasteiger charge is -2.10. The quantitative estimate of drug-likeness (QED) is 0.676. The summed E-state index contributed by atoms with van der Waals surface area (Å²) in [7, 11) is 0. The Balaban J connectivity index is 2.34. The highest BCUT2D eigenvalue weighted by molar-refractivity contribution is 7.99. The van der Waals surface area contributed by atoms with Gasteiger partial charge in [0.05, 0.1) is 22.7 Å². The molecule has 0 spiro atoms. The number of unbranched alkanes of at least 4 members (excludes halogenated alkanes) is 1. The first-order chi connectivity index (χ1) is 10.8. The van der Waals surface area contributed by atoms with Crippen molar-refractivity contribution in [3.63, 3.8) is 0 Å². The number of aryl methyl sites for hydroxylation is 1. The van der Waals surface area contributed by atoms with Crippen LogP contribution in [0.15, 0.2) is 34.2 Å². The van der Waals surface area contributed by atoms with Crippen LogP contribution in [0.4, 0.5) is 0 Å². The van der Waals surface area contributed by atoms with E-state index in [0.717, 1.165) is 18.4 Å². The Morgan fingerprint density at radius 3 is 2.91 bits per heavy atom. The smallest absolute Gasteiger partial charge is 0.262 e. The first-order valence-electron chi connectivity index (χ1n) is 7.14. The van der Waals surface area contributed by atoms with Crippen LogP contribution < -0.4 is 5.56 Å². The van der Waals surface area contributed by atoms with Crippen molar-refractivity contribution < 1.29 is 0 Å². The molecule has 0 unspecified atom stereocenters. The molecule has 3 rings (SSSR count). The van der Waals surface area contributed by atoms with Gasteiger partial charge in [-0.25, -0.2) is 0 Å². The van der Waals surface area contributed by atoms with E-state index in [1.54, 1.807) is 4.57 Å². The first-order valence-corrected chi connectivity index (χ1v) is 8.13. The molecule has 0 amide bonds. The van der Waals surface area contributed by atoms with Gasteiger partial charge in [-0.1, -0.05) is 37.2 Å². The average molecular weight is 313 g/mol. The van der Waals surface area contributed by atoms with Crippen LogP contribution in [0, 0.1) is 11.3 Å². The van der Waals surface area contributed by atoms with Crippen molar-refractivity contribution in [3.8, 4) is 6.07 Å². The van der Waals surface area contributed by atoms with Gasteiger partial charge in [-0.3, -0.25) is 13.8 Å². The Labute approximate surface area is 131 Å². The van der Waals surface area contributed by atoms with E-state index in [1.807, 2.05) is 28.7 Å². The Morgan fingerprint density at radius 1 is 1.32 bits per heavy atom. The van der Waals surface area contributed by atoms with Crippen molar-refractivity contribution in [1.82, 2.24) is 19.2 Å². The monoisotopic (exact) mass is 313 g/mol. The van der Waals surface area contributed by atoms with Crippen molar-refractivity contribution in [2.45, 2.75) is 31.5 Å². The van der Waals surface area contributed by atoms with Gasteiger partial charge in [0.2, 0.25) is 5.78 Å². The van der Waals surface area contributed by atoms with Crippen molar-refractivity contribution >= 4 is 28.4 Å². The minimum atomic E-state index is -0.0409. The number of aromatic nitrogens is 4. The van der Waals surface area contributed by atoms with Crippen LogP contribution in [0.2, 0.25) is 0 Å². The number of fused-ring (bicyclic) bond motifs is 3. The fourth-order valence-electron chi connectivity index (χ4n) is 2.44. The van der Waals surface area contributed by atoms with E-state index < -0.39 is 0 Å². The third kappa shape index (κ3) is 2.35. The van der Waals surface area contributed by atoms with Crippen LogP contribution in [-0.2, 0) is 6.54 Å². The van der Waals surface area contributed by atoms with Gasteiger partial charge < -0.3 is 0 Å². The van der Waals surface area contributed by atoms with Gasteiger partial charge in [0.1, 0.15) is 0 Å². The minimum Gasteiger partial charge on any atom is -0.276 e. The molecule has 3 aromatic rings. The van der Waals surface area contributed by atoms with Crippen LogP contribution in [0.1, 0.15) is 19.8 Å². The number of nitrogens with zero attached hydrogens (tertiary/aromatic N) is 5. The van der Waals surface area contributed by atoms with E-state index in [9.17, 15) is 4.79 Å². The van der Waals surface area contributed by atoms with E-state index >= 15 is 0 Å². The standard InChI is InChI=1S/C15H15N5OS/c1-2-3-9-19-13(21)11-6-4-5-7-12(11)20-14(19)17-18-15(20)22-10-8-16/h4-7H,2-3,9-10H2,1H3. The van der Waals surface area contributed by atoms with Gasteiger partial charge in [0, 0.05) is 6.54 Å². The minimum absolute atomic E-state index is 0.0409. The first kappa shape index (κ1) is 14.6. The lowest BCUT2D eigenvalue weighted by Crippen LogP contribution is -2.23. The zero-order valence-electron chi connectivity index (χ0n) is 12.2. The molecule has 6 nitrogen and oxygen atoms in total. The fourth-order valence-corrected chi connectivity index (χ4v) is 3.04. The van der Waals surface area contributed by atoms with E-state index in [2.05, 4.69) is 23.2 Å². The van der Waals surface area contributed by atoms with Crippen LogP contribution in [-0.4, -0.2) is 24.9 Å². The summed E-state index contributed by atoms with van der Waals surface area (Å²) in [6.07, 6.45) is 1.90. The molecule has 0 N–H and O–H groups in total. The number of thioether (sulfide) groups is 1. The number of rotatable bonds is 5. The van der Waals surface area contributed by atoms with Crippen molar-refractivity contribution in [1.29, 1.82) is 5.26 Å². The second-order valence-corrected chi connectivity index (χ2v) is 5.83. The lowest BCUT2D eigenvalue weighted by molar-refractivity contribution is 0.620. The molecular formula is C15H15N5OS. The zero-order valence-corrected chi connectivity index (χ0v) is 13.0. The van der Waals surface area contributed by atoms with Gasteiger partial charge in [0.15, 0.2) is 5.16 Å². The summed E-state index contributed by atoms with van der Waals surface area (Å²) in [6, 6.07) is 9.53. The molecule has 0 fully saturated rings. The van der Waals surface area contributed by atoms with Crippen LogP contribution in [0.5, 0.6) is 0 Å². The van der Waals surface area contributed by atoms with E-state index in [1.165, 1.54) is 11.8 Å². The molecule has 7 heteroatoms. The third-order valence-corrected chi connectivity index (χ3v) is 4.28. The molecule has 1 aromatic carbocycles. The summed E-state index contributed by atoms with van der Waals surface area (Å²) in [5, 5.41) is 18.4. The third-order valence-electron chi connectivity index (χ3n) is 3.48. The lowest BCUT2D eigenvalue weighted by atomic mass is 10.2. The summed E-state index contributed by atoms with van der Waals surface area (Å²) in [4.78, 5) is 12.7. The topological polar surface area (TPSA) is 76.0 Å². The Hall–Kier alpha value is -2.33. The molecule has 0 aliphatic heterocycles. The maximum atomic E-state index is 12.7. The maximum absolute atomic E-state index is 12.7. The molecule has 22 heavy (non-hydrogen) atoms. The van der Waals surface area contributed by atoms with Crippen molar-refractivity contribution in [2.75, 3.05) is 5.75 Å².